The predicted octanol–water partition coefficient (Wildman–Crippen LogP) is 3.60. The number of likely N-dealkylation sites (tertiary alicyclic amines) is 1. The summed E-state index contributed by atoms with van der Waals surface area (Å²) in [6.07, 6.45) is 2.37. The Bertz CT molecular complexity index is 1470. The van der Waals surface area contributed by atoms with E-state index in [2.05, 4.69) is 5.32 Å². The fourth-order valence-electron chi connectivity index (χ4n) is 5.12. The molecule has 2 aromatic carbocycles. The Balaban J connectivity index is 1.46. The number of aromatic nitrogens is 1. The lowest BCUT2D eigenvalue weighted by Crippen LogP contribution is -2.56. The zero-order valence-electron chi connectivity index (χ0n) is 24.7. The molecule has 226 valence electrons. The molecule has 4 rings (SSSR count). The van der Waals surface area contributed by atoms with Crippen LogP contribution in [0.15, 0.2) is 51.7 Å². The molecule has 0 aliphatic carbocycles. The molecule has 0 saturated carbocycles. The van der Waals surface area contributed by atoms with Gasteiger partial charge in [-0.05, 0) is 75.3 Å². The van der Waals surface area contributed by atoms with Crippen molar-refractivity contribution in [2.45, 2.75) is 77.1 Å². The minimum Gasteiger partial charge on any atom is -0.444 e. The molecule has 1 aliphatic heterocycles. The van der Waals surface area contributed by atoms with Gasteiger partial charge in [0.2, 0.25) is 11.8 Å². The summed E-state index contributed by atoms with van der Waals surface area (Å²) in [7, 11) is 1.62. The van der Waals surface area contributed by atoms with Crippen LogP contribution in [0.2, 0.25) is 0 Å². The Kier molecular flexibility index (Phi) is 9.72. The lowest BCUT2D eigenvalue weighted by atomic mass is 9.98. The molecule has 1 fully saturated rings. The molecule has 0 bridgehead atoms. The van der Waals surface area contributed by atoms with Crippen molar-refractivity contribution in [3.05, 3.63) is 58.6 Å². The van der Waals surface area contributed by atoms with E-state index in [1.165, 1.54) is 4.90 Å². The predicted molar refractivity (Wildman–Crippen MR) is 158 cm³/mol. The van der Waals surface area contributed by atoms with Crippen LogP contribution in [0.1, 0.15) is 52.0 Å². The van der Waals surface area contributed by atoms with Crippen molar-refractivity contribution in [1.29, 1.82) is 0 Å². The summed E-state index contributed by atoms with van der Waals surface area (Å²) in [5.74, 6) is -1.49. The van der Waals surface area contributed by atoms with E-state index in [1.54, 1.807) is 38.5 Å². The van der Waals surface area contributed by atoms with Gasteiger partial charge in [-0.1, -0.05) is 30.3 Å². The molecule has 0 radical (unpaired) electrons. The summed E-state index contributed by atoms with van der Waals surface area (Å²) < 4.78 is 17.6. The topological polar surface area (TPSA) is 146 Å². The number of fused-ring (bicyclic) bond motifs is 1. The number of methoxy groups -OCH3 is 1. The highest BCUT2D eigenvalue weighted by Gasteiger charge is 2.36. The first-order chi connectivity index (χ1) is 20.0. The Labute approximate surface area is 244 Å². The van der Waals surface area contributed by atoms with Gasteiger partial charge in [0.1, 0.15) is 17.7 Å². The Hall–Kier alpha value is -4.12. The lowest BCUT2D eigenvalue weighted by Gasteiger charge is -2.36. The third-order valence-electron chi connectivity index (χ3n) is 7.22. The number of ether oxygens (including phenoxy) is 2. The molecule has 2 heterocycles. The van der Waals surface area contributed by atoms with E-state index in [9.17, 15) is 19.2 Å². The molecular weight excluding hydrogens is 540 g/mol. The van der Waals surface area contributed by atoms with E-state index in [0.29, 0.717) is 43.6 Å². The lowest BCUT2D eigenvalue weighted by molar-refractivity contribution is -0.131. The van der Waals surface area contributed by atoms with E-state index >= 15 is 0 Å². The van der Waals surface area contributed by atoms with E-state index in [0.717, 1.165) is 29.5 Å². The summed E-state index contributed by atoms with van der Waals surface area (Å²) in [5.41, 5.74) is 8.81. The number of nitrogens with one attached hydrogen (secondary N) is 1. The number of rotatable bonds is 10. The van der Waals surface area contributed by atoms with Crippen molar-refractivity contribution >= 4 is 29.0 Å². The average molecular weight is 581 g/mol. The van der Waals surface area contributed by atoms with Crippen molar-refractivity contribution in [2.75, 3.05) is 20.3 Å². The minimum absolute atomic E-state index is 0.195. The van der Waals surface area contributed by atoms with Gasteiger partial charge >= 0.3 is 11.8 Å². The summed E-state index contributed by atoms with van der Waals surface area (Å²) in [5, 5.41) is 2.76. The number of oxazole rings is 1. The molecule has 3 aromatic rings. The van der Waals surface area contributed by atoms with E-state index in [4.69, 9.17) is 19.6 Å². The molecule has 11 heteroatoms. The van der Waals surface area contributed by atoms with Crippen molar-refractivity contribution in [3.8, 4) is 11.1 Å². The van der Waals surface area contributed by atoms with Gasteiger partial charge in [0, 0.05) is 33.2 Å². The fourth-order valence-corrected chi connectivity index (χ4v) is 5.12. The Morgan fingerprint density at radius 1 is 1.10 bits per heavy atom. The zero-order chi connectivity index (χ0) is 30.4. The number of primary amides is 1. The maximum Gasteiger partial charge on any atom is 0.419 e. The molecule has 0 spiro atoms. The Morgan fingerprint density at radius 3 is 2.48 bits per heavy atom. The highest BCUT2D eigenvalue weighted by atomic mass is 16.6. The van der Waals surface area contributed by atoms with Crippen LogP contribution < -0.4 is 16.8 Å². The van der Waals surface area contributed by atoms with Gasteiger partial charge in [-0.2, -0.15) is 0 Å². The van der Waals surface area contributed by atoms with Gasteiger partial charge in [-0.3, -0.25) is 19.1 Å². The van der Waals surface area contributed by atoms with Gasteiger partial charge < -0.3 is 24.9 Å². The van der Waals surface area contributed by atoms with Crippen LogP contribution in [0.4, 0.5) is 4.79 Å². The molecule has 3 N–H and O–H groups in total. The number of piperidine rings is 1. The van der Waals surface area contributed by atoms with Crippen molar-refractivity contribution < 1.29 is 28.3 Å². The number of hydrogen-bond donors (Lipinski definition) is 2. The standard InChI is InChI=1S/C31H40N4O7/c1-31(2,3)42-30(39)34-15-6-5-8-24(34)28(37)33-23(27(32)36)18-20-9-11-21(12-10-20)22-13-14-26-25(19-22)35(29(38)41-26)16-7-17-40-4/h9-14,19,23-24H,5-8,15-18H2,1-4H3,(H2,32,36)(H,33,37)/t23-,24-/m0/s1. The smallest absolute Gasteiger partial charge is 0.419 e. The second-order valence-electron chi connectivity index (χ2n) is 11.6. The van der Waals surface area contributed by atoms with Gasteiger partial charge in [0.25, 0.3) is 0 Å². The van der Waals surface area contributed by atoms with Gasteiger partial charge in [-0.15, -0.1) is 0 Å². The minimum atomic E-state index is -0.949. The number of carbonyl (C=O) groups excluding carboxylic acids is 3. The van der Waals surface area contributed by atoms with E-state index < -0.39 is 41.3 Å². The maximum absolute atomic E-state index is 13.2. The number of nitrogens with two attached hydrogens (primary N) is 1. The normalized spacial score (nSPS) is 16.3. The molecule has 11 nitrogen and oxygen atoms in total. The van der Waals surface area contributed by atoms with Gasteiger partial charge in [0.05, 0.1) is 5.52 Å². The molecule has 2 atom stereocenters. The molecule has 3 amide bonds. The van der Waals surface area contributed by atoms with E-state index in [-0.39, 0.29) is 6.42 Å². The third-order valence-corrected chi connectivity index (χ3v) is 7.22. The van der Waals surface area contributed by atoms with Crippen LogP contribution in [-0.4, -0.2) is 65.3 Å². The second-order valence-corrected chi connectivity index (χ2v) is 11.6. The maximum atomic E-state index is 13.2. The third kappa shape index (κ3) is 7.58. The molecule has 0 unspecified atom stereocenters. The van der Waals surface area contributed by atoms with Crippen molar-refractivity contribution in [3.63, 3.8) is 0 Å². The molecule has 42 heavy (non-hydrogen) atoms. The highest BCUT2D eigenvalue weighted by molar-refractivity contribution is 5.91. The van der Waals surface area contributed by atoms with Crippen LogP contribution in [0.25, 0.3) is 22.2 Å². The molecule has 1 aromatic heterocycles. The molecular formula is C31H40N4O7. The number of nitrogens with zero attached hydrogens (tertiary/aromatic N) is 2. The quantitative estimate of drug-likeness (QED) is 0.349. The van der Waals surface area contributed by atoms with Crippen LogP contribution >= 0.6 is 0 Å². The number of aryl methyl sites for hydroxylation is 1. The van der Waals surface area contributed by atoms with Crippen molar-refractivity contribution in [2.24, 2.45) is 5.73 Å². The first-order valence-electron chi connectivity index (χ1n) is 14.3. The zero-order valence-corrected chi connectivity index (χ0v) is 24.7. The van der Waals surface area contributed by atoms with Crippen molar-refractivity contribution in [1.82, 2.24) is 14.8 Å². The summed E-state index contributed by atoms with van der Waals surface area (Å²) >= 11 is 0. The monoisotopic (exact) mass is 580 g/mol. The average Bonchev–Trinajstić information content (AvgIpc) is 3.26. The van der Waals surface area contributed by atoms with Gasteiger partial charge in [-0.25, -0.2) is 9.59 Å². The first kappa shape index (κ1) is 30.8. The first-order valence-corrected chi connectivity index (χ1v) is 14.3. The molecule has 1 aliphatic rings. The van der Waals surface area contributed by atoms with Crippen LogP contribution in [-0.2, 0) is 32.0 Å². The van der Waals surface area contributed by atoms with Gasteiger partial charge in [0.15, 0.2) is 5.58 Å². The highest BCUT2D eigenvalue weighted by Crippen LogP contribution is 2.25. The SMILES string of the molecule is COCCCn1c(=O)oc2ccc(-c3ccc(C[C@H](NC(=O)[C@@H]4CCCCN4C(=O)OC(C)(C)C)C(N)=O)cc3)cc21. The summed E-state index contributed by atoms with van der Waals surface area (Å²) in [6.45, 7) is 6.75. The second kappa shape index (κ2) is 13.2. The molecule has 1 saturated heterocycles. The van der Waals surface area contributed by atoms with Crippen LogP contribution in [0.5, 0.6) is 0 Å². The number of hydrogen-bond acceptors (Lipinski definition) is 7. The fraction of sp³-hybridized carbons (Fsp3) is 0.484. The number of amides is 3. The van der Waals surface area contributed by atoms with E-state index in [1.807, 2.05) is 36.4 Å². The Morgan fingerprint density at radius 2 is 1.81 bits per heavy atom. The largest absolute Gasteiger partial charge is 0.444 e. The summed E-state index contributed by atoms with van der Waals surface area (Å²) in [6, 6.07) is 11.5. The van der Waals surface area contributed by atoms with Crippen LogP contribution in [0, 0.1) is 0 Å². The number of benzene rings is 2. The number of carbonyl (C=O) groups is 3. The summed E-state index contributed by atoms with van der Waals surface area (Å²) in [4.78, 5) is 52.1. The van der Waals surface area contributed by atoms with Crippen LogP contribution in [0.3, 0.4) is 0 Å².